The van der Waals surface area contributed by atoms with Gasteiger partial charge in [0.05, 0.1) is 19.8 Å². The highest BCUT2D eigenvalue weighted by atomic mass is 16.5. The lowest BCUT2D eigenvalue weighted by Crippen LogP contribution is -2.23. The van der Waals surface area contributed by atoms with Crippen molar-refractivity contribution in [2.24, 2.45) is 5.92 Å². The van der Waals surface area contributed by atoms with Gasteiger partial charge in [0.1, 0.15) is 0 Å². The Morgan fingerprint density at radius 1 is 1.44 bits per heavy atom. The van der Waals surface area contributed by atoms with Crippen molar-refractivity contribution in [3.05, 3.63) is 18.0 Å². The van der Waals surface area contributed by atoms with Crippen LogP contribution in [0.15, 0.2) is 12.3 Å². The number of aryl methyl sites for hydroxylation is 1. The van der Waals surface area contributed by atoms with Crippen LogP contribution >= 0.6 is 0 Å². The topological polar surface area (TPSA) is 47.5 Å². The van der Waals surface area contributed by atoms with Gasteiger partial charge in [0.15, 0.2) is 0 Å². The molecule has 0 bridgehead atoms. The van der Waals surface area contributed by atoms with Crippen molar-refractivity contribution in [3.63, 3.8) is 0 Å². The highest BCUT2D eigenvalue weighted by Gasteiger charge is 2.24. The van der Waals surface area contributed by atoms with Crippen LogP contribution < -0.4 is 4.90 Å². The van der Waals surface area contributed by atoms with E-state index in [1.165, 1.54) is 0 Å². The Bertz CT molecular complexity index is 373. The molecule has 0 aromatic carbocycles. The first-order valence-electron chi connectivity index (χ1n) is 6.41. The number of methoxy groups -OCH3 is 1. The summed E-state index contributed by atoms with van der Waals surface area (Å²) in [5.41, 5.74) is 1.01. The molecule has 18 heavy (non-hydrogen) atoms. The highest BCUT2D eigenvalue weighted by molar-refractivity contribution is 5.31. The summed E-state index contributed by atoms with van der Waals surface area (Å²) in [5, 5.41) is 0. The molecule has 1 unspecified atom stereocenters. The summed E-state index contributed by atoms with van der Waals surface area (Å²) < 4.78 is 10.5. The molecule has 1 aliphatic rings. The van der Waals surface area contributed by atoms with Gasteiger partial charge in [-0.2, -0.15) is 0 Å². The van der Waals surface area contributed by atoms with E-state index in [4.69, 9.17) is 9.47 Å². The van der Waals surface area contributed by atoms with E-state index in [0.29, 0.717) is 19.1 Å². The third kappa shape index (κ3) is 3.65. The van der Waals surface area contributed by atoms with Crippen LogP contribution in [0.5, 0.6) is 0 Å². The lowest BCUT2D eigenvalue weighted by molar-refractivity contribution is 0.0549. The van der Waals surface area contributed by atoms with Crippen LogP contribution in [0.3, 0.4) is 0 Å². The SMILES string of the molecule is COCCOCC1CCN(c2nccc(C)n2)C1. The molecule has 1 saturated heterocycles. The largest absolute Gasteiger partial charge is 0.382 e. The van der Waals surface area contributed by atoms with Crippen LogP contribution in [-0.4, -0.2) is 50.0 Å². The van der Waals surface area contributed by atoms with Crippen molar-refractivity contribution in [3.8, 4) is 0 Å². The third-order valence-electron chi connectivity index (χ3n) is 3.14. The van der Waals surface area contributed by atoms with Gasteiger partial charge >= 0.3 is 0 Å². The zero-order valence-electron chi connectivity index (χ0n) is 11.1. The van der Waals surface area contributed by atoms with Gasteiger partial charge in [-0.1, -0.05) is 0 Å². The first-order valence-corrected chi connectivity index (χ1v) is 6.41. The van der Waals surface area contributed by atoms with Crippen LogP contribution in [0.1, 0.15) is 12.1 Å². The van der Waals surface area contributed by atoms with E-state index in [-0.39, 0.29) is 0 Å². The molecule has 0 N–H and O–H groups in total. The van der Waals surface area contributed by atoms with E-state index in [9.17, 15) is 0 Å². The molecular formula is C13H21N3O2. The molecule has 1 aromatic heterocycles. The third-order valence-corrected chi connectivity index (χ3v) is 3.14. The fraction of sp³-hybridized carbons (Fsp3) is 0.692. The Hall–Kier alpha value is -1.20. The van der Waals surface area contributed by atoms with Gasteiger partial charge in [0, 0.05) is 38.0 Å². The fourth-order valence-corrected chi connectivity index (χ4v) is 2.13. The Balaban J connectivity index is 1.78. The van der Waals surface area contributed by atoms with E-state index < -0.39 is 0 Å². The molecule has 100 valence electrons. The maximum Gasteiger partial charge on any atom is 0.225 e. The number of aromatic nitrogens is 2. The van der Waals surface area contributed by atoms with Crippen molar-refractivity contribution in [2.45, 2.75) is 13.3 Å². The van der Waals surface area contributed by atoms with E-state index >= 15 is 0 Å². The van der Waals surface area contributed by atoms with E-state index in [2.05, 4.69) is 14.9 Å². The van der Waals surface area contributed by atoms with E-state index in [1.807, 2.05) is 19.2 Å². The monoisotopic (exact) mass is 251 g/mol. The second-order valence-electron chi connectivity index (χ2n) is 4.67. The molecule has 0 radical (unpaired) electrons. The molecule has 1 aromatic rings. The first kappa shape index (κ1) is 13.2. The van der Waals surface area contributed by atoms with Gasteiger partial charge < -0.3 is 14.4 Å². The summed E-state index contributed by atoms with van der Waals surface area (Å²) >= 11 is 0. The lowest BCUT2D eigenvalue weighted by Gasteiger charge is -2.16. The number of anilines is 1. The minimum absolute atomic E-state index is 0.575. The van der Waals surface area contributed by atoms with Crippen molar-refractivity contribution in [1.82, 2.24) is 9.97 Å². The van der Waals surface area contributed by atoms with Gasteiger partial charge in [-0.15, -0.1) is 0 Å². The summed E-state index contributed by atoms with van der Waals surface area (Å²) in [6.07, 6.45) is 2.96. The summed E-state index contributed by atoms with van der Waals surface area (Å²) in [7, 11) is 1.69. The Labute approximate surface area is 108 Å². The molecule has 0 spiro atoms. The minimum atomic E-state index is 0.575. The Morgan fingerprint density at radius 2 is 2.33 bits per heavy atom. The molecule has 0 aliphatic carbocycles. The molecule has 5 heteroatoms. The molecule has 5 nitrogen and oxygen atoms in total. The molecule has 1 aliphatic heterocycles. The Kier molecular flexibility index (Phi) is 4.90. The predicted octanol–water partition coefficient (Wildman–Crippen LogP) is 1.27. The minimum Gasteiger partial charge on any atom is -0.382 e. The van der Waals surface area contributed by atoms with Crippen LogP contribution in [0.4, 0.5) is 5.95 Å². The first-order chi connectivity index (χ1) is 8.79. The predicted molar refractivity (Wildman–Crippen MR) is 69.8 cm³/mol. The maximum atomic E-state index is 5.57. The Morgan fingerprint density at radius 3 is 3.11 bits per heavy atom. The summed E-state index contributed by atoms with van der Waals surface area (Å²) in [5.74, 6) is 1.42. The van der Waals surface area contributed by atoms with Crippen LogP contribution in [0.2, 0.25) is 0 Å². The number of ether oxygens (including phenoxy) is 2. The number of hydrogen-bond donors (Lipinski definition) is 0. The van der Waals surface area contributed by atoms with Crippen LogP contribution in [0, 0.1) is 12.8 Å². The second-order valence-corrected chi connectivity index (χ2v) is 4.67. The van der Waals surface area contributed by atoms with Crippen LogP contribution in [0.25, 0.3) is 0 Å². The maximum absolute atomic E-state index is 5.57. The molecule has 2 heterocycles. The second kappa shape index (κ2) is 6.66. The van der Waals surface area contributed by atoms with E-state index in [0.717, 1.165) is 37.8 Å². The lowest BCUT2D eigenvalue weighted by atomic mass is 10.1. The fourth-order valence-electron chi connectivity index (χ4n) is 2.13. The average Bonchev–Trinajstić information content (AvgIpc) is 2.83. The smallest absolute Gasteiger partial charge is 0.225 e. The quantitative estimate of drug-likeness (QED) is 0.713. The van der Waals surface area contributed by atoms with E-state index in [1.54, 1.807) is 7.11 Å². The normalized spacial score (nSPS) is 19.4. The summed E-state index contributed by atoms with van der Waals surface area (Å²) in [6.45, 7) is 6.13. The molecule has 2 rings (SSSR count). The number of rotatable bonds is 6. The van der Waals surface area contributed by atoms with Crippen molar-refractivity contribution >= 4 is 5.95 Å². The standard InChI is InChI=1S/C13H21N3O2/c1-11-3-5-14-13(15-11)16-6-4-12(9-16)10-18-8-7-17-2/h3,5,12H,4,6-10H2,1-2H3. The molecule has 1 atom stereocenters. The van der Waals surface area contributed by atoms with Crippen LogP contribution in [-0.2, 0) is 9.47 Å². The molecule has 1 fully saturated rings. The van der Waals surface area contributed by atoms with Gasteiger partial charge in [-0.05, 0) is 19.4 Å². The summed E-state index contributed by atoms with van der Waals surface area (Å²) in [4.78, 5) is 11.0. The van der Waals surface area contributed by atoms with Crippen molar-refractivity contribution < 1.29 is 9.47 Å². The van der Waals surface area contributed by atoms with Gasteiger partial charge in [-0.3, -0.25) is 0 Å². The van der Waals surface area contributed by atoms with Crippen molar-refractivity contribution in [1.29, 1.82) is 0 Å². The van der Waals surface area contributed by atoms with Crippen molar-refractivity contribution in [2.75, 3.05) is 44.9 Å². The highest BCUT2D eigenvalue weighted by Crippen LogP contribution is 2.20. The number of hydrogen-bond acceptors (Lipinski definition) is 5. The van der Waals surface area contributed by atoms with Gasteiger partial charge in [0.25, 0.3) is 0 Å². The van der Waals surface area contributed by atoms with Gasteiger partial charge in [0.2, 0.25) is 5.95 Å². The molecule has 0 amide bonds. The zero-order chi connectivity index (χ0) is 12.8. The van der Waals surface area contributed by atoms with Gasteiger partial charge in [-0.25, -0.2) is 9.97 Å². The summed E-state index contributed by atoms with van der Waals surface area (Å²) in [6, 6.07) is 1.92. The molecular weight excluding hydrogens is 230 g/mol. The molecule has 0 saturated carbocycles. The number of nitrogens with zero attached hydrogens (tertiary/aromatic N) is 3. The zero-order valence-corrected chi connectivity index (χ0v) is 11.1. The average molecular weight is 251 g/mol.